The lowest BCUT2D eigenvalue weighted by Crippen LogP contribution is -2.13. The van der Waals surface area contributed by atoms with Crippen LogP contribution in [0.25, 0.3) is 11.0 Å². The topological polar surface area (TPSA) is 75.0 Å². The Morgan fingerprint density at radius 3 is 2.27 bits per heavy atom. The summed E-state index contributed by atoms with van der Waals surface area (Å²) in [5.74, 6) is 0.0670. The van der Waals surface area contributed by atoms with Gasteiger partial charge in [-0.25, -0.2) is 4.79 Å². The SMILES string of the molecule is CCCCCCCCCCOc1c(OC(C)=O)c2ccc(OC/C=C(\C)CCC=C(C)C)cc2oc1=O. The first kappa shape index (κ1) is 30.2. The van der Waals surface area contributed by atoms with Crippen molar-refractivity contribution in [2.75, 3.05) is 13.2 Å². The molecule has 204 valence electrons. The van der Waals surface area contributed by atoms with Crippen LogP contribution in [0.3, 0.4) is 0 Å². The average Bonchev–Trinajstić information content (AvgIpc) is 2.83. The van der Waals surface area contributed by atoms with Gasteiger partial charge in [-0.15, -0.1) is 0 Å². The molecule has 0 unspecified atom stereocenters. The molecule has 2 aromatic rings. The van der Waals surface area contributed by atoms with Crippen LogP contribution in [0.1, 0.15) is 98.8 Å². The van der Waals surface area contributed by atoms with Gasteiger partial charge >= 0.3 is 11.6 Å². The van der Waals surface area contributed by atoms with Gasteiger partial charge in [0.2, 0.25) is 5.75 Å². The van der Waals surface area contributed by atoms with E-state index in [-0.39, 0.29) is 17.1 Å². The van der Waals surface area contributed by atoms with Crippen molar-refractivity contribution in [3.8, 4) is 17.2 Å². The maximum absolute atomic E-state index is 12.7. The molecule has 0 bridgehead atoms. The summed E-state index contributed by atoms with van der Waals surface area (Å²) in [5.41, 5.74) is 2.18. The van der Waals surface area contributed by atoms with Gasteiger partial charge in [0.05, 0.1) is 12.0 Å². The Morgan fingerprint density at radius 2 is 1.59 bits per heavy atom. The number of fused-ring (bicyclic) bond motifs is 1. The first-order chi connectivity index (χ1) is 17.8. The maximum atomic E-state index is 12.7. The van der Waals surface area contributed by atoms with E-state index in [1.165, 1.54) is 50.2 Å². The number of carbonyl (C=O) groups excluding carboxylic acids is 1. The lowest BCUT2D eigenvalue weighted by Gasteiger charge is -2.13. The summed E-state index contributed by atoms with van der Waals surface area (Å²) >= 11 is 0. The molecule has 6 heteroatoms. The van der Waals surface area contributed by atoms with E-state index >= 15 is 0 Å². The number of ether oxygens (including phenoxy) is 3. The molecule has 0 atom stereocenters. The second-order valence-electron chi connectivity index (χ2n) is 9.80. The minimum Gasteiger partial charge on any atom is -0.489 e. The van der Waals surface area contributed by atoms with Crippen molar-refractivity contribution < 1.29 is 23.4 Å². The fourth-order valence-electron chi connectivity index (χ4n) is 3.98. The predicted molar refractivity (Wildman–Crippen MR) is 150 cm³/mol. The molecular weight excluding hydrogens is 468 g/mol. The summed E-state index contributed by atoms with van der Waals surface area (Å²) in [6, 6.07) is 5.13. The van der Waals surface area contributed by atoms with Crippen molar-refractivity contribution in [3.05, 3.63) is 51.9 Å². The Morgan fingerprint density at radius 1 is 0.892 bits per heavy atom. The third kappa shape index (κ3) is 11.3. The van der Waals surface area contributed by atoms with E-state index < -0.39 is 11.6 Å². The van der Waals surface area contributed by atoms with E-state index in [2.05, 4.69) is 33.8 Å². The van der Waals surface area contributed by atoms with Gasteiger partial charge in [-0.3, -0.25) is 4.79 Å². The maximum Gasteiger partial charge on any atom is 0.383 e. The van der Waals surface area contributed by atoms with Crippen LogP contribution in [-0.2, 0) is 4.79 Å². The van der Waals surface area contributed by atoms with Gasteiger partial charge in [-0.05, 0) is 58.2 Å². The molecule has 0 aliphatic carbocycles. The minimum absolute atomic E-state index is 0.0609. The van der Waals surface area contributed by atoms with Gasteiger partial charge in [0.1, 0.15) is 17.9 Å². The van der Waals surface area contributed by atoms with Gasteiger partial charge in [0.15, 0.2) is 5.75 Å². The van der Waals surface area contributed by atoms with E-state index in [1.54, 1.807) is 18.2 Å². The summed E-state index contributed by atoms with van der Waals surface area (Å²) in [6.07, 6.45) is 15.5. The molecule has 0 spiro atoms. The molecule has 2 rings (SSSR count). The second kappa shape index (κ2) is 16.7. The highest BCUT2D eigenvalue weighted by atomic mass is 16.6. The van der Waals surface area contributed by atoms with E-state index in [1.807, 2.05) is 6.08 Å². The number of hydrogen-bond acceptors (Lipinski definition) is 6. The van der Waals surface area contributed by atoms with Crippen LogP contribution in [0, 0.1) is 0 Å². The van der Waals surface area contributed by atoms with Crippen LogP contribution in [0.4, 0.5) is 0 Å². The van der Waals surface area contributed by atoms with Crippen molar-refractivity contribution in [2.45, 2.75) is 98.8 Å². The highest BCUT2D eigenvalue weighted by Crippen LogP contribution is 2.35. The highest BCUT2D eigenvalue weighted by Gasteiger charge is 2.20. The molecule has 0 saturated carbocycles. The van der Waals surface area contributed by atoms with E-state index in [9.17, 15) is 9.59 Å². The van der Waals surface area contributed by atoms with Crippen molar-refractivity contribution >= 4 is 16.9 Å². The second-order valence-corrected chi connectivity index (χ2v) is 9.80. The number of carbonyl (C=O) groups is 1. The number of hydrogen-bond donors (Lipinski definition) is 0. The van der Waals surface area contributed by atoms with Crippen LogP contribution in [0.5, 0.6) is 17.2 Å². The van der Waals surface area contributed by atoms with Gasteiger partial charge < -0.3 is 18.6 Å². The quantitative estimate of drug-likeness (QED) is 0.0918. The van der Waals surface area contributed by atoms with Gasteiger partial charge in [0.25, 0.3) is 0 Å². The average molecular weight is 513 g/mol. The largest absolute Gasteiger partial charge is 0.489 e. The fraction of sp³-hybridized carbons (Fsp3) is 0.548. The standard InChI is InChI=1S/C31H44O6/c1-6-7-8-9-10-11-12-13-20-35-30-29(36-25(5)32)27-18-17-26(22-28(27)37-31(30)33)34-21-19-24(4)16-14-15-23(2)3/h15,17-19,22H,6-14,16,20-21H2,1-5H3/b24-19+. The van der Waals surface area contributed by atoms with E-state index in [0.29, 0.717) is 24.3 Å². The minimum atomic E-state index is -0.671. The van der Waals surface area contributed by atoms with Crippen molar-refractivity contribution in [1.29, 1.82) is 0 Å². The zero-order valence-electron chi connectivity index (χ0n) is 23.3. The monoisotopic (exact) mass is 512 g/mol. The van der Waals surface area contributed by atoms with Crippen LogP contribution in [0.2, 0.25) is 0 Å². The molecule has 1 heterocycles. The molecule has 37 heavy (non-hydrogen) atoms. The van der Waals surface area contributed by atoms with E-state index in [4.69, 9.17) is 18.6 Å². The Labute approximate surface area is 221 Å². The molecule has 6 nitrogen and oxygen atoms in total. The van der Waals surface area contributed by atoms with Crippen molar-refractivity contribution in [1.82, 2.24) is 0 Å². The third-order valence-corrected chi connectivity index (χ3v) is 6.06. The van der Waals surface area contributed by atoms with Crippen molar-refractivity contribution in [2.24, 2.45) is 0 Å². The first-order valence-corrected chi connectivity index (χ1v) is 13.7. The van der Waals surface area contributed by atoms with Crippen LogP contribution < -0.4 is 19.8 Å². The summed E-state index contributed by atoms with van der Waals surface area (Å²) < 4.78 is 22.5. The zero-order valence-corrected chi connectivity index (χ0v) is 23.3. The first-order valence-electron chi connectivity index (χ1n) is 13.7. The third-order valence-electron chi connectivity index (χ3n) is 6.06. The number of unbranched alkanes of at least 4 members (excludes halogenated alkanes) is 7. The lowest BCUT2D eigenvalue weighted by atomic mass is 10.1. The highest BCUT2D eigenvalue weighted by molar-refractivity contribution is 5.89. The Hall–Kier alpha value is -3.02. The van der Waals surface area contributed by atoms with Crippen LogP contribution in [0.15, 0.2) is 50.7 Å². The Kier molecular flexibility index (Phi) is 13.6. The summed E-state index contributed by atoms with van der Waals surface area (Å²) in [4.78, 5) is 24.5. The van der Waals surface area contributed by atoms with Crippen molar-refractivity contribution in [3.63, 3.8) is 0 Å². The van der Waals surface area contributed by atoms with Gasteiger partial charge in [-0.2, -0.15) is 0 Å². The molecule has 0 aliphatic rings. The molecule has 0 aliphatic heterocycles. The van der Waals surface area contributed by atoms with Gasteiger partial charge in [0, 0.05) is 13.0 Å². The molecule has 0 amide bonds. The Balaban J connectivity index is 2.03. The fourth-order valence-corrected chi connectivity index (χ4v) is 3.98. The number of esters is 1. The number of rotatable bonds is 17. The normalized spacial score (nSPS) is 11.4. The molecule has 0 saturated heterocycles. The predicted octanol–water partition coefficient (Wildman–Crippen LogP) is 8.31. The summed E-state index contributed by atoms with van der Waals surface area (Å²) in [7, 11) is 0. The zero-order chi connectivity index (χ0) is 27.0. The van der Waals surface area contributed by atoms with E-state index in [0.717, 1.165) is 32.1 Å². The lowest BCUT2D eigenvalue weighted by molar-refractivity contribution is -0.131. The molecule has 1 aromatic heterocycles. The summed E-state index contributed by atoms with van der Waals surface area (Å²) in [6.45, 7) is 10.6. The smallest absolute Gasteiger partial charge is 0.383 e. The molecule has 0 N–H and O–H groups in total. The Bertz CT molecular complexity index is 1100. The molecule has 0 radical (unpaired) electrons. The summed E-state index contributed by atoms with van der Waals surface area (Å²) in [5, 5.41) is 0.488. The van der Waals surface area contributed by atoms with Gasteiger partial charge in [-0.1, -0.05) is 69.1 Å². The van der Waals surface area contributed by atoms with Crippen LogP contribution in [-0.4, -0.2) is 19.2 Å². The van der Waals surface area contributed by atoms with Crippen LogP contribution >= 0.6 is 0 Å². The molecule has 1 aromatic carbocycles. The number of benzene rings is 1. The molecule has 0 fully saturated rings. The molecular formula is C31H44O6. The number of allylic oxidation sites excluding steroid dienone is 3.